The van der Waals surface area contributed by atoms with Gasteiger partial charge in [-0.3, -0.25) is 0 Å². The Kier molecular flexibility index (Phi) is 5.97. The van der Waals surface area contributed by atoms with Gasteiger partial charge in [-0.05, 0) is 24.2 Å². The minimum atomic E-state index is -0.478. The van der Waals surface area contributed by atoms with Crippen molar-refractivity contribution in [2.45, 2.75) is 25.9 Å². The number of rotatable bonds is 7. The van der Waals surface area contributed by atoms with Crippen molar-refractivity contribution in [2.75, 3.05) is 19.6 Å². The molecule has 0 spiro atoms. The van der Waals surface area contributed by atoms with Gasteiger partial charge in [0.25, 0.3) is 0 Å². The van der Waals surface area contributed by atoms with Crippen LogP contribution < -0.4 is 0 Å². The fourth-order valence-electron chi connectivity index (χ4n) is 2.73. The number of likely N-dealkylation sites (N-methyl/N-ethyl adjacent to an activating group) is 1. The normalized spacial score (nSPS) is 14.1. The predicted molar refractivity (Wildman–Crippen MR) is 88.4 cm³/mol. The summed E-state index contributed by atoms with van der Waals surface area (Å²) in [6, 6.07) is 20.3. The molecule has 2 heteroatoms. The summed E-state index contributed by atoms with van der Waals surface area (Å²) >= 11 is 0. The van der Waals surface area contributed by atoms with Gasteiger partial charge in [-0.25, -0.2) is 0 Å². The highest BCUT2D eigenvalue weighted by Crippen LogP contribution is 2.31. The van der Waals surface area contributed by atoms with Crippen molar-refractivity contribution in [3.8, 4) is 0 Å². The van der Waals surface area contributed by atoms with E-state index in [1.165, 1.54) is 5.56 Å². The summed E-state index contributed by atoms with van der Waals surface area (Å²) in [6.45, 7) is 7.21. The van der Waals surface area contributed by atoms with Crippen molar-refractivity contribution in [1.29, 1.82) is 0 Å². The molecule has 21 heavy (non-hydrogen) atoms. The second-order valence-corrected chi connectivity index (χ2v) is 5.36. The van der Waals surface area contributed by atoms with E-state index in [0.717, 1.165) is 25.2 Å². The van der Waals surface area contributed by atoms with E-state index in [2.05, 4.69) is 30.9 Å². The van der Waals surface area contributed by atoms with Crippen LogP contribution in [0.15, 0.2) is 60.7 Å². The maximum Gasteiger partial charge on any atom is 0.0870 e. The maximum absolute atomic E-state index is 10.8. The summed E-state index contributed by atoms with van der Waals surface area (Å²) in [5.74, 6) is 0.0912. The fraction of sp³-hybridized carbons (Fsp3) is 0.368. The van der Waals surface area contributed by atoms with Crippen LogP contribution in [0.5, 0.6) is 0 Å². The van der Waals surface area contributed by atoms with Gasteiger partial charge in [-0.2, -0.15) is 0 Å². The van der Waals surface area contributed by atoms with E-state index in [1.54, 1.807) is 0 Å². The van der Waals surface area contributed by atoms with Crippen molar-refractivity contribution >= 4 is 0 Å². The zero-order valence-electron chi connectivity index (χ0n) is 12.9. The van der Waals surface area contributed by atoms with Gasteiger partial charge in [-0.15, -0.1) is 0 Å². The van der Waals surface area contributed by atoms with Crippen LogP contribution in [0.4, 0.5) is 0 Å². The first-order valence-electron chi connectivity index (χ1n) is 7.76. The molecule has 0 aromatic heterocycles. The minimum Gasteiger partial charge on any atom is -0.388 e. The van der Waals surface area contributed by atoms with Crippen molar-refractivity contribution in [2.24, 2.45) is 0 Å². The fourth-order valence-corrected chi connectivity index (χ4v) is 2.73. The monoisotopic (exact) mass is 283 g/mol. The highest BCUT2D eigenvalue weighted by Gasteiger charge is 2.24. The Morgan fingerprint density at radius 3 is 1.76 bits per heavy atom. The first-order chi connectivity index (χ1) is 10.3. The summed E-state index contributed by atoms with van der Waals surface area (Å²) in [5, 5.41) is 10.8. The molecule has 1 N–H and O–H groups in total. The Bertz CT molecular complexity index is 508. The number of aliphatic hydroxyl groups excluding tert-OH is 1. The molecule has 0 saturated heterocycles. The molecule has 2 atom stereocenters. The number of hydrogen-bond acceptors (Lipinski definition) is 2. The van der Waals surface area contributed by atoms with E-state index in [1.807, 2.05) is 48.5 Å². The van der Waals surface area contributed by atoms with Crippen LogP contribution in [-0.4, -0.2) is 29.6 Å². The van der Waals surface area contributed by atoms with Gasteiger partial charge in [0.1, 0.15) is 0 Å². The average Bonchev–Trinajstić information content (AvgIpc) is 2.57. The van der Waals surface area contributed by atoms with E-state index in [-0.39, 0.29) is 5.92 Å². The molecule has 0 saturated carbocycles. The van der Waals surface area contributed by atoms with Gasteiger partial charge in [0.15, 0.2) is 0 Å². The number of nitrogens with zero attached hydrogens (tertiary/aromatic N) is 1. The molecule has 0 bridgehead atoms. The topological polar surface area (TPSA) is 23.5 Å². The predicted octanol–water partition coefficient (Wildman–Crippen LogP) is 3.85. The third kappa shape index (κ3) is 4.16. The molecule has 0 aliphatic carbocycles. The van der Waals surface area contributed by atoms with Crippen LogP contribution in [0.1, 0.15) is 37.0 Å². The standard InChI is InChI=1S/C19H25NO/c1-3-20(4-2)15-18(16-11-7-5-8-12-16)19(21)17-13-9-6-10-14-17/h5-14,18-19,21H,3-4,15H2,1-2H3/t18-,19-/m0/s1. The minimum absolute atomic E-state index is 0.0912. The van der Waals surface area contributed by atoms with Gasteiger partial charge in [-0.1, -0.05) is 74.5 Å². The highest BCUT2D eigenvalue weighted by atomic mass is 16.3. The lowest BCUT2D eigenvalue weighted by Crippen LogP contribution is -2.31. The quantitative estimate of drug-likeness (QED) is 0.834. The van der Waals surface area contributed by atoms with Crippen LogP contribution in [0.3, 0.4) is 0 Å². The van der Waals surface area contributed by atoms with E-state index < -0.39 is 6.10 Å². The Hall–Kier alpha value is -1.64. The lowest BCUT2D eigenvalue weighted by atomic mass is 9.88. The molecule has 0 radical (unpaired) electrons. The van der Waals surface area contributed by atoms with Gasteiger partial charge in [0, 0.05) is 12.5 Å². The molecule has 0 heterocycles. The smallest absolute Gasteiger partial charge is 0.0870 e. The first kappa shape index (κ1) is 15.7. The Morgan fingerprint density at radius 2 is 1.29 bits per heavy atom. The third-order valence-corrected chi connectivity index (χ3v) is 4.10. The molecule has 0 fully saturated rings. The van der Waals surface area contributed by atoms with Gasteiger partial charge in [0.05, 0.1) is 6.10 Å². The molecule has 112 valence electrons. The number of benzene rings is 2. The summed E-state index contributed by atoms with van der Waals surface area (Å²) in [4.78, 5) is 2.36. The molecule has 2 aromatic rings. The first-order valence-corrected chi connectivity index (χ1v) is 7.76. The third-order valence-electron chi connectivity index (χ3n) is 4.10. The Morgan fingerprint density at radius 1 is 0.810 bits per heavy atom. The molecule has 0 unspecified atom stereocenters. The Balaban J connectivity index is 2.27. The average molecular weight is 283 g/mol. The zero-order valence-corrected chi connectivity index (χ0v) is 12.9. The Labute approximate surface area is 128 Å². The van der Waals surface area contributed by atoms with Gasteiger partial charge in [0.2, 0.25) is 0 Å². The molecule has 2 aromatic carbocycles. The van der Waals surface area contributed by atoms with Gasteiger partial charge < -0.3 is 10.0 Å². The highest BCUT2D eigenvalue weighted by molar-refractivity contribution is 5.27. The second-order valence-electron chi connectivity index (χ2n) is 5.36. The molecule has 0 amide bonds. The molecule has 0 aliphatic rings. The molecule has 2 nitrogen and oxygen atoms in total. The van der Waals surface area contributed by atoms with Crippen LogP contribution in [0.2, 0.25) is 0 Å². The zero-order chi connectivity index (χ0) is 15.1. The largest absolute Gasteiger partial charge is 0.388 e. The van der Waals surface area contributed by atoms with Crippen molar-refractivity contribution < 1.29 is 5.11 Å². The summed E-state index contributed by atoms with van der Waals surface area (Å²) in [7, 11) is 0. The molecular formula is C19H25NO. The number of hydrogen-bond donors (Lipinski definition) is 1. The van der Waals surface area contributed by atoms with E-state index >= 15 is 0 Å². The second kappa shape index (κ2) is 7.96. The van der Waals surface area contributed by atoms with Crippen molar-refractivity contribution in [3.05, 3.63) is 71.8 Å². The van der Waals surface area contributed by atoms with E-state index in [9.17, 15) is 5.11 Å². The SMILES string of the molecule is CCN(CC)C[C@@H](c1ccccc1)[C@@H](O)c1ccccc1. The lowest BCUT2D eigenvalue weighted by Gasteiger charge is -2.29. The summed E-state index contributed by atoms with van der Waals surface area (Å²) in [5.41, 5.74) is 2.18. The molecule has 0 aliphatic heterocycles. The van der Waals surface area contributed by atoms with E-state index in [0.29, 0.717) is 0 Å². The lowest BCUT2D eigenvalue weighted by molar-refractivity contribution is 0.119. The molecular weight excluding hydrogens is 258 g/mol. The van der Waals surface area contributed by atoms with Crippen molar-refractivity contribution in [1.82, 2.24) is 4.90 Å². The van der Waals surface area contributed by atoms with Gasteiger partial charge >= 0.3 is 0 Å². The maximum atomic E-state index is 10.8. The van der Waals surface area contributed by atoms with Crippen LogP contribution in [0, 0.1) is 0 Å². The van der Waals surface area contributed by atoms with Crippen LogP contribution >= 0.6 is 0 Å². The van der Waals surface area contributed by atoms with E-state index in [4.69, 9.17) is 0 Å². The van der Waals surface area contributed by atoms with Crippen LogP contribution in [-0.2, 0) is 0 Å². The number of aliphatic hydroxyl groups is 1. The van der Waals surface area contributed by atoms with Crippen LogP contribution in [0.25, 0.3) is 0 Å². The summed E-state index contributed by atoms with van der Waals surface area (Å²) in [6.07, 6.45) is -0.478. The molecule has 2 rings (SSSR count). The summed E-state index contributed by atoms with van der Waals surface area (Å²) < 4.78 is 0. The van der Waals surface area contributed by atoms with Crippen molar-refractivity contribution in [3.63, 3.8) is 0 Å².